The Morgan fingerprint density at radius 2 is 2.00 bits per heavy atom. The molecule has 9 nitrogen and oxygen atoms in total. The lowest BCUT2D eigenvalue weighted by Gasteiger charge is -2.11. The van der Waals surface area contributed by atoms with Crippen LogP contribution in [0.2, 0.25) is 0 Å². The van der Waals surface area contributed by atoms with Crippen LogP contribution in [0.25, 0.3) is 11.1 Å². The normalized spacial score (nSPS) is 14.7. The number of nitro groups is 1. The van der Waals surface area contributed by atoms with Crippen molar-refractivity contribution in [1.29, 1.82) is 0 Å². The van der Waals surface area contributed by atoms with Gasteiger partial charge in [0, 0.05) is 23.4 Å². The van der Waals surface area contributed by atoms with Crippen molar-refractivity contribution in [1.82, 2.24) is 9.78 Å². The molecule has 10 heteroatoms. The molecule has 0 radical (unpaired) electrons. The Hall–Kier alpha value is -4.08. The van der Waals surface area contributed by atoms with E-state index in [0.29, 0.717) is 29.1 Å². The van der Waals surface area contributed by atoms with Crippen LogP contribution in [0.15, 0.2) is 42.5 Å². The summed E-state index contributed by atoms with van der Waals surface area (Å²) in [5.41, 5.74) is 3.04. The highest BCUT2D eigenvalue weighted by molar-refractivity contribution is 6.04. The molecule has 0 spiro atoms. The molecule has 0 saturated heterocycles. The first-order valence-corrected chi connectivity index (χ1v) is 10.0. The first kappa shape index (κ1) is 21.2. The summed E-state index contributed by atoms with van der Waals surface area (Å²) in [5, 5.41) is 20.9. The van der Waals surface area contributed by atoms with E-state index in [0.717, 1.165) is 11.3 Å². The molecule has 32 heavy (non-hydrogen) atoms. The molecule has 1 atom stereocenters. The second-order valence-electron chi connectivity index (χ2n) is 7.49. The van der Waals surface area contributed by atoms with Crippen LogP contribution >= 0.6 is 0 Å². The van der Waals surface area contributed by atoms with E-state index in [1.807, 2.05) is 6.92 Å². The summed E-state index contributed by atoms with van der Waals surface area (Å²) in [5.74, 6) is -0.681. The molecule has 1 unspecified atom stereocenters. The topological polar surface area (TPSA) is 119 Å². The molecule has 4 rings (SSSR count). The second-order valence-corrected chi connectivity index (χ2v) is 7.49. The SMILES string of the molecule is CCc1nn2c(c1-c1ccc(F)cc1)NC(=O)C2CC(=O)Nc1ccc([N+](=O)[O-])cc1C. The van der Waals surface area contributed by atoms with Gasteiger partial charge in [0.1, 0.15) is 17.7 Å². The van der Waals surface area contributed by atoms with E-state index in [1.54, 1.807) is 19.1 Å². The van der Waals surface area contributed by atoms with Gasteiger partial charge in [0.15, 0.2) is 0 Å². The van der Waals surface area contributed by atoms with Crippen LogP contribution in [0, 0.1) is 22.9 Å². The van der Waals surface area contributed by atoms with E-state index in [1.165, 1.54) is 35.0 Å². The molecular formula is C22H20FN5O4. The van der Waals surface area contributed by atoms with Crippen LogP contribution in [0.1, 0.15) is 30.6 Å². The van der Waals surface area contributed by atoms with Gasteiger partial charge < -0.3 is 10.6 Å². The van der Waals surface area contributed by atoms with Crippen molar-refractivity contribution in [2.45, 2.75) is 32.7 Å². The van der Waals surface area contributed by atoms with E-state index in [4.69, 9.17) is 0 Å². The van der Waals surface area contributed by atoms with Crippen molar-refractivity contribution < 1.29 is 18.9 Å². The molecule has 0 saturated carbocycles. The summed E-state index contributed by atoms with van der Waals surface area (Å²) >= 11 is 0. The summed E-state index contributed by atoms with van der Waals surface area (Å²) in [6.45, 7) is 3.57. The van der Waals surface area contributed by atoms with Crippen LogP contribution in [0.5, 0.6) is 0 Å². The zero-order chi connectivity index (χ0) is 23.0. The number of nitrogens with zero attached hydrogens (tertiary/aromatic N) is 3. The first-order valence-electron chi connectivity index (χ1n) is 10.0. The van der Waals surface area contributed by atoms with Crippen molar-refractivity contribution in [3.63, 3.8) is 0 Å². The Morgan fingerprint density at radius 3 is 2.62 bits per heavy atom. The number of non-ortho nitro benzene ring substituents is 1. The first-order chi connectivity index (χ1) is 15.3. The number of nitro benzene ring substituents is 1. The maximum Gasteiger partial charge on any atom is 0.269 e. The van der Waals surface area contributed by atoms with Crippen molar-refractivity contribution in [2.75, 3.05) is 10.6 Å². The number of anilines is 2. The predicted molar refractivity (Wildman–Crippen MR) is 116 cm³/mol. The summed E-state index contributed by atoms with van der Waals surface area (Å²) in [6.07, 6.45) is 0.423. The fourth-order valence-corrected chi connectivity index (χ4v) is 3.76. The molecule has 164 valence electrons. The minimum absolute atomic E-state index is 0.0720. The molecule has 3 aromatic rings. The van der Waals surface area contributed by atoms with Crippen LogP contribution in [-0.4, -0.2) is 26.5 Å². The van der Waals surface area contributed by atoms with Crippen LogP contribution < -0.4 is 10.6 Å². The number of halogens is 1. The van der Waals surface area contributed by atoms with Crippen molar-refractivity contribution in [3.8, 4) is 11.1 Å². The van der Waals surface area contributed by atoms with Gasteiger partial charge in [-0.25, -0.2) is 9.07 Å². The van der Waals surface area contributed by atoms with Crippen molar-refractivity contribution in [2.24, 2.45) is 0 Å². The monoisotopic (exact) mass is 437 g/mol. The maximum atomic E-state index is 13.4. The Bertz CT molecular complexity index is 1240. The quantitative estimate of drug-likeness (QED) is 0.446. The number of carbonyl (C=O) groups excluding carboxylic acids is 2. The third kappa shape index (κ3) is 3.82. The highest BCUT2D eigenvalue weighted by atomic mass is 19.1. The predicted octanol–water partition coefficient (Wildman–Crippen LogP) is 3.99. The van der Waals surface area contributed by atoms with E-state index in [9.17, 15) is 24.1 Å². The molecule has 2 amide bonds. The van der Waals surface area contributed by atoms with Gasteiger partial charge in [-0.3, -0.25) is 19.7 Å². The highest BCUT2D eigenvalue weighted by Gasteiger charge is 2.36. The minimum Gasteiger partial charge on any atom is -0.326 e. The van der Waals surface area contributed by atoms with Crippen LogP contribution in [-0.2, 0) is 16.0 Å². The minimum atomic E-state index is -0.845. The number of amides is 2. The summed E-state index contributed by atoms with van der Waals surface area (Å²) in [7, 11) is 0. The van der Waals surface area contributed by atoms with Crippen molar-refractivity contribution in [3.05, 3.63) is 69.7 Å². The highest BCUT2D eigenvalue weighted by Crippen LogP contribution is 2.39. The number of aryl methyl sites for hydroxylation is 2. The summed E-state index contributed by atoms with van der Waals surface area (Å²) < 4.78 is 14.9. The fraction of sp³-hybridized carbons (Fsp3) is 0.227. The van der Waals surface area contributed by atoms with Gasteiger partial charge >= 0.3 is 0 Å². The van der Waals surface area contributed by atoms with E-state index >= 15 is 0 Å². The lowest BCUT2D eigenvalue weighted by Crippen LogP contribution is -2.24. The van der Waals surface area contributed by atoms with Gasteiger partial charge in [0.2, 0.25) is 5.91 Å². The number of aromatic nitrogens is 2. The molecule has 0 fully saturated rings. The lowest BCUT2D eigenvalue weighted by atomic mass is 10.0. The van der Waals surface area contributed by atoms with Gasteiger partial charge in [-0.15, -0.1) is 0 Å². The third-order valence-corrected chi connectivity index (χ3v) is 5.36. The number of hydrogen-bond donors (Lipinski definition) is 2. The Morgan fingerprint density at radius 1 is 1.28 bits per heavy atom. The van der Waals surface area contributed by atoms with E-state index in [2.05, 4.69) is 15.7 Å². The average Bonchev–Trinajstić information content (AvgIpc) is 3.25. The van der Waals surface area contributed by atoms with Crippen LogP contribution in [0.3, 0.4) is 0 Å². The van der Waals surface area contributed by atoms with Gasteiger partial charge in [-0.05, 0) is 42.7 Å². The standard InChI is InChI=1S/C22H20FN5O4/c1-3-16-20(13-4-6-14(23)7-5-13)21-25-22(30)18(27(21)26-16)11-19(29)24-17-9-8-15(28(31)32)10-12(17)2/h4-10,18H,3,11H2,1-2H3,(H,24,29)(H,25,30). The molecule has 1 aliphatic rings. The van der Waals surface area contributed by atoms with Crippen molar-refractivity contribution >= 4 is 29.0 Å². The second kappa shape index (κ2) is 8.22. The third-order valence-electron chi connectivity index (χ3n) is 5.36. The number of benzene rings is 2. The van der Waals surface area contributed by atoms with Gasteiger partial charge in [0.05, 0.1) is 17.0 Å². The smallest absolute Gasteiger partial charge is 0.269 e. The number of hydrogen-bond acceptors (Lipinski definition) is 5. The maximum absolute atomic E-state index is 13.4. The molecule has 2 heterocycles. The molecule has 2 N–H and O–H groups in total. The van der Waals surface area contributed by atoms with Crippen LogP contribution in [0.4, 0.5) is 21.6 Å². The van der Waals surface area contributed by atoms with Gasteiger partial charge in [-0.1, -0.05) is 19.1 Å². The summed E-state index contributed by atoms with van der Waals surface area (Å²) in [4.78, 5) is 35.7. The molecule has 2 aromatic carbocycles. The van der Waals surface area contributed by atoms with Gasteiger partial charge in [0.25, 0.3) is 11.6 Å². The number of carbonyl (C=O) groups is 2. The van der Waals surface area contributed by atoms with E-state index in [-0.39, 0.29) is 23.8 Å². The molecule has 1 aromatic heterocycles. The molecule has 1 aliphatic heterocycles. The average molecular weight is 437 g/mol. The lowest BCUT2D eigenvalue weighted by molar-refractivity contribution is -0.384. The molecule has 0 aliphatic carbocycles. The number of nitrogens with one attached hydrogen (secondary N) is 2. The van der Waals surface area contributed by atoms with E-state index < -0.39 is 16.9 Å². The Balaban J connectivity index is 1.58. The number of rotatable bonds is 6. The molecular weight excluding hydrogens is 417 g/mol. The zero-order valence-corrected chi connectivity index (χ0v) is 17.4. The number of fused-ring (bicyclic) bond motifs is 1. The Labute approximate surface area is 182 Å². The largest absolute Gasteiger partial charge is 0.326 e. The fourth-order valence-electron chi connectivity index (χ4n) is 3.76. The molecule has 0 bridgehead atoms. The van der Waals surface area contributed by atoms with Gasteiger partial charge in [-0.2, -0.15) is 5.10 Å². The summed E-state index contributed by atoms with van der Waals surface area (Å²) in [6, 6.07) is 9.21. The Kier molecular flexibility index (Phi) is 5.43. The zero-order valence-electron chi connectivity index (χ0n) is 17.4.